The predicted octanol–water partition coefficient (Wildman–Crippen LogP) is 3.69. The maximum Gasteiger partial charge on any atom is 0.253 e. The smallest absolute Gasteiger partial charge is 0.253 e. The van der Waals surface area contributed by atoms with E-state index in [2.05, 4.69) is 10.6 Å². The zero-order valence-corrected chi connectivity index (χ0v) is 19.5. The standard InChI is InChI=1S/C27H28FN3O4/c1-18-5-2-6-20(15-18)25(32)30-24(26(33)29-17-23-9-4-14-35-23)19-10-12-31(13-11-19)27(34)21-7-3-8-22(28)16-21/h2-9,14-16,19,24H,10-13,17H2,1H3,(H,29,33)(H,30,32)/t24-/m0/s1. The SMILES string of the molecule is Cc1cccc(C(=O)N[C@H](C(=O)NCc2ccco2)C2CCN(C(=O)c3cccc(F)c3)CC2)c1. The molecule has 0 bridgehead atoms. The van der Waals surface area contributed by atoms with Gasteiger partial charge in [0.25, 0.3) is 11.8 Å². The lowest BCUT2D eigenvalue weighted by Gasteiger charge is -2.36. The number of amides is 3. The van der Waals surface area contributed by atoms with Crippen molar-refractivity contribution in [1.82, 2.24) is 15.5 Å². The van der Waals surface area contributed by atoms with Gasteiger partial charge in [-0.25, -0.2) is 4.39 Å². The first-order valence-electron chi connectivity index (χ1n) is 11.6. The van der Waals surface area contributed by atoms with Gasteiger partial charge in [-0.15, -0.1) is 0 Å². The van der Waals surface area contributed by atoms with Crippen LogP contribution in [0.25, 0.3) is 0 Å². The van der Waals surface area contributed by atoms with E-state index in [9.17, 15) is 18.8 Å². The summed E-state index contributed by atoms with van der Waals surface area (Å²) in [7, 11) is 0. The molecule has 3 amide bonds. The van der Waals surface area contributed by atoms with Gasteiger partial charge in [-0.3, -0.25) is 14.4 Å². The topological polar surface area (TPSA) is 91.7 Å². The van der Waals surface area contributed by atoms with Crippen LogP contribution in [0.15, 0.2) is 71.3 Å². The van der Waals surface area contributed by atoms with E-state index in [1.54, 1.807) is 41.3 Å². The summed E-state index contributed by atoms with van der Waals surface area (Å²) >= 11 is 0. The lowest BCUT2D eigenvalue weighted by atomic mass is 9.88. The number of carbonyl (C=O) groups excluding carboxylic acids is 3. The minimum atomic E-state index is -0.774. The Bertz CT molecular complexity index is 1190. The normalized spacial score (nSPS) is 14.9. The van der Waals surface area contributed by atoms with Crippen molar-refractivity contribution in [1.29, 1.82) is 0 Å². The molecular formula is C27H28FN3O4. The molecule has 35 heavy (non-hydrogen) atoms. The summed E-state index contributed by atoms with van der Waals surface area (Å²) in [5.74, 6) is -0.902. The number of hydrogen-bond acceptors (Lipinski definition) is 4. The molecule has 2 N–H and O–H groups in total. The Labute approximate surface area is 203 Å². The second-order valence-corrected chi connectivity index (χ2v) is 8.76. The minimum absolute atomic E-state index is 0.170. The zero-order chi connectivity index (χ0) is 24.8. The Balaban J connectivity index is 1.44. The molecule has 4 rings (SSSR count). The third kappa shape index (κ3) is 6.15. The van der Waals surface area contributed by atoms with Crippen molar-refractivity contribution in [3.8, 4) is 0 Å². The first-order valence-corrected chi connectivity index (χ1v) is 11.6. The number of furan rings is 1. The second-order valence-electron chi connectivity index (χ2n) is 8.76. The van der Waals surface area contributed by atoms with Crippen molar-refractivity contribution < 1.29 is 23.2 Å². The molecular weight excluding hydrogens is 449 g/mol. The van der Waals surface area contributed by atoms with Crippen LogP contribution in [0.4, 0.5) is 4.39 Å². The fourth-order valence-electron chi connectivity index (χ4n) is 4.35. The van der Waals surface area contributed by atoms with E-state index in [4.69, 9.17) is 4.42 Å². The minimum Gasteiger partial charge on any atom is -0.467 e. The fraction of sp³-hybridized carbons (Fsp3) is 0.296. The van der Waals surface area contributed by atoms with Gasteiger partial charge >= 0.3 is 0 Å². The van der Waals surface area contributed by atoms with Gasteiger partial charge in [0.15, 0.2) is 0 Å². The van der Waals surface area contributed by atoms with Crippen LogP contribution in [0, 0.1) is 18.7 Å². The average Bonchev–Trinajstić information content (AvgIpc) is 3.39. The van der Waals surface area contributed by atoms with Gasteiger partial charge in [-0.05, 0) is 68.1 Å². The van der Waals surface area contributed by atoms with Crippen LogP contribution in [0.2, 0.25) is 0 Å². The highest BCUT2D eigenvalue weighted by Gasteiger charge is 2.34. The molecule has 1 aliphatic heterocycles. The van der Waals surface area contributed by atoms with Crippen molar-refractivity contribution in [3.05, 3.63) is 95.2 Å². The maximum atomic E-state index is 13.6. The number of aryl methyl sites for hydroxylation is 1. The van der Waals surface area contributed by atoms with E-state index in [1.165, 1.54) is 24.5 Å². The van der Waals surface area contributed by atoms with Gasteiger partial charge < -0.3 is 20.0 Å². The molecule has 0 unspecified atom stereocenters. The second kappa shape index (κ2) is 11.0. The Morgan fingerprint density at radius 2 is 1.77 bits per heavy atom. The summed E-state index contributed by atoms with van der Waals surface area (Å²) in [6.07, 6.45) is 2.58. The summed E-state index contributed by atoms with van der Waals surface area (Å²) in [6, 6.07) is 15.5. The van der Waals surface area contributed by atoms with Gasteiger partial charge in [0, 0.05) is 24.2 Å². The number of benzene rings is 2. The summed E-state index contributed by atoms with van der Waals surface area (Å²) < 4.78 is 18.8. The van der Waals surface area contributed by atoms with Crippen LogP contribution in [0.5, 0.6) is 0 Å². The number of nitrogens with one attached hydrogen (secondary N) is 2. The van der Waals surface area contributed by atoms with Crippen molar-refractivity contribution in [2.45, 2.75) is 32.4 Å². The molecule has 2 heterocycles. The third-order valence-electron chi connectivity index (χ3n) is 6.24. The Hall–Kier alpha value is -3.94. The average molecular weight is 478 g/mol. The fourth-order valence-corrected chi connectivity index (χ4v) is 4.35. The van der Waals surface area contributed by atoms with E-state index in [1.807, 2.05) is 13.0 Å². The predicted molar refractivity (Wildman–Crippen MR) is 128 cm³/mol. The molecule has 0 saturated carbocycles. The molecule has 1 aromatic heterocycles. The molecule has 8 heteroatoms. The van der Waals surface area contributed by atoms with Gasteiger partial charge in [-0.2, -0.15) is 0 Å². The zero-order valence-electron chi connectivity index (χ0n) is 19.5. The number of rotatable bonds is 7. The first-order chi connectivity index (χ1) is 16.9. The highest BCUT2D eigenvalue weighted by Crippen LogP contribution is 2.23. The lowest BCUT2D eigenvalue weighted by molar-refractivity contribution is -0.124. The van der Waals surface area contributed by atoms with Gasteiger partial charge in [-0.1, -0.05) is 23.8 Å². The van der Waals surface area contributed by atoms with E-state index in [-0.39, 0.29) is 30.2 Å². The molecule has 3 aromatic rings. The van der Waals surface area contributed by atoms with E-state index >= 15 is 0 Å². The molecule has 1 aliphatic rings. The number of likely N-dealkylation sites (tertiary alicyclic amines) is 1. The van der Waals surface area contributed by atoms with Crippen molar-refractivity contribution >= 4 is 17.7 Å². The van der Waals surface area contributed by atoms with Gasteiger partial charge in [0.2, 0.25) is 5.91 Å². The van der Waals surface area contributed by atoms with Crippen LogP contribution < -0.4 is 10.6 Å². The highest BCUT2D eigenvalue weighted by molar-refractivity contribution is 5.98. The van der Waals surface area contributed by atoms with Crippen molar-refractivity contribution in [3.63, 3.8) is 0 Å². The van der Waals surface area contributed by atoms with E-state index in [0.29, 0.717) is 42.8 Å². The molecule has 182 valence electrons. The van der Waals surface area contributed by atoms with Crippen LogP contribution >= 0.6 is 0 Å². The Morgan fingerprint density at radius 1 is 1.03 bits per heavy atom. The van der Waals surface area contributed by atoms with Gasteiger partial charge in [0.05, 0.1) is 12.8 Å². The summed E-state index contributed by atoms with van der Waals surface area (Å²) in [6.45, 7) is 2.92. The molecule has 0 aliphatic carbocycles. The lowest BCUT2D eigenvalue weighted by Crippen LogP contribution is -2.53. The van der Waals surface area contributed by atoms with E-state index in [0.717, 1.165) is 5.56 Å². The largest absolute Gasteiger partial charge is 0.467 e. The third-order valence-corrected chi connectivity index (χ3v) is 6.24. The molecule has 1 saturated heterocycles. The van der Waals surface area contributed by atoms with Crippen LogP contribution in [-0.4, -0.2) is 41.8 Å². The number of halogens is 1. The van der Waals surface area contributed by atoms with Crippen molar-refractivity contribution in [2.24, 2.45) is 5.92 Å². The number of nitrogens with zero attached hydrogens (tertiary/aromatic N) is 1. The quantitative estimate of drug-likeness (QED) is 0.543. The molecule has 0 spiro atoms. The van der Waals surface area contributed by atoms with Crippen molar-refractivity contribution in [2.75, 3.05) is 13.1 Å². The Kier molecular flexibility index (Phi) is 7.60. The molecule has 2 aromatic carbocycles. The van der Waals surface area contributed by atoms with Gasteiger partial charge in [0.1, 0.15) is 17.6 Å². The highest BCUT2D eigenvalue weighted by atomic mass is 19.1. The summed E-state index contributed by atoms with van der Waals surface area (Å²) in [5, 5.41) is 5.76. The van der Waals surface area contributed by atoms with Crippen LogP contribution in [-0.2, 0) is 11.3 Å². The van der Waals surface area contributed by atoms with Crippen LogP contribution in [0.1, 0.15) is 44.9 Å². The van der Waals surface area contributed by atoms with Crippen LogP contribution in [0.3, 0.4) is 0 Å². The number of carbonyl (C=O) groups is 3. The number of hydrogen-bond donors (Lipinski definition) is 2. The maximum absolute atomic E-state index is 13.6. The molecule has 1 fully saturated rings. The molecule has 1 atom stereocenters. The van der Waals surface area contributed by atoms with E-state index < -0.39 is 11.9 Å². The molecule has 0 radical (unpaired) electrons. The summed E-state index contributed by atoms with van der Waals surface area (Å²) in [5.41, 5.74) is 1.72. The monoisotopic (exact) mass is 477 g/mol. The first kappa shape index (κ1) is 24.2. The molecule has 7 nitrogen and oxygen atoms in total. The summed E-state index contributed by atoms with van der Waals surface area (Å²) in [4.78, 5) is 40.6. The number of piperidine rings is 1. The Morgan fingerprint density at radius 3 is 2.46 bits per heavy atom.